The Balaban J connectivity index is 1.50. The van der Waals surface area contributed by atoms with Gasteiger partial charge in [-0.1, -0.05) is 20.8 Å². The number of thiazole rings is 1. The van der Waals surface area contributed by atoms with Crippen LogP contribution in [0.1, 0.15) is 25.6 Å². The summed E-state index contributed by atoms with van der Waals surface area (Å²) in [4.78, 5) is 41.1. The Hall–Kier alpha value is -3.44. The summed E-state index contributed by atoms with van der Waals surface area (Å²) in [5.41, 5.74) is 1.07. The van der Waals surface area contributed by atoms with Gasteiger partial charge in [-0.25, -0.2) is 19.7 Å². The molecule has 0 aliphatic heterocycles. The van der Waals surface area contributed by atoms with E-state index in [2.05, 4.69) is 51.3 Å². The lowest BCUT2D eigenvalue weighted by Crippen LogP contribution is -2.19. The maximum absolute atomic E-state index is 12.5. The minimum absolute atomic E-state index is 0.0269. The van der Waals surface area contributed by atoms with Gasteiger partial charge < -0.3 is 15.0 Å². The predicted molar refractivity (Wildman–Crippen MR) is 132 cm³/mol. The molecule has 4 aromatic rings. The molecule has 0 saturated heterocycles. The number of H-pyrrole nitrogens is 1. The van der Waals surface area contributed by atoms with Gasteiger partial charge >= 0.3 is 6.03 Å². The molecule has 4 rings (SSSR count). The first kappa shape index (κ1) is 22.7. The summed E-state index contributed by atoms with van der Waals surface area (Å²) in [5.74, 6) is 1.01. The average Bonchev–Trinajstić information content (AvgIpc) is 3.23. The molecule has 9 nitrogen and oxygen atoms in total. The van der Waals surface area contributed by atoms with Gasteiger partial charge in [0.2, 0.25) is 0 Å². The van der Waals surface area contributed by atoms with E-state index in [-0.39, 0.29) is 17.0 Å². The monoisotopic (exact) mass is 482 g/mol. The molecular weight excluding hydrogens is 460 g/mol. The van der Waals surface area contributed by atoms with Gasteiger partial charge in [-0.05, 0) is 29.9 Å². The third-order valence-corrected chi connectivity index (χ3v) is 6.67. The van der Waals surface area contributed by atoms with Crippen LogP contribution in [0.3, 0.4) is 0 Å². The molecule has 3 N–H and O–H groups in total. The van der Waals surface area contributed by atoms with Crippen molar-refractivity contribution in [1.82, 2.24) is 19.9 Å². The number of hydrogen-bond donors (Lipinski definition) is 3. The first-order chi connectivity index (χ1) is 15.7. The highest BCUT2D eigenvalue weighted by molar-refractivity contribution is 7.98. The second-order valence-electron chi connectivity index (χ2n) is 8.08. The summed E-state index contributed by atoms with van der Waals surface area (Å²) in [6, 6.07) is 6.63. The van der Waals surface area contributed by atoms with Crippen LogP contribution < -0.4 is 20.9 Å². The number of amides is 2. The number of urea groups is 1. The van der Waals surface area contributed by atoms with Crippen molar-refractivity contribution >= 4 is 51.1 Å². The van der Waals surface area contributed by atoms with Gasteiger partial charge in [0.25, 0.3) is 5.56 Å². The number of rotatable bonds is 5. The molecule has 3 aromatic heterocycles. The van der Waals surface area contributed by atoms with Crippen LogP contribution in [0.4, 0.5) is 15.6 Å². The number of aromatic nitrogens is 4. The number of anilines is 2. The second kappa shape index (κ2) is 9.20. The number of carbonyl (C=O) groups is 1. The molecule has 0 unspecified atom stereocenters. The maximum atomic E-state index is 12.5. The van der Waals surface area contributed by atoms with Gasteiger partial charge in [-0.2, -0.15) is 0 Å². The molecule has 33 heavy (non-hydrogen) atoms. The normalized spacial score (nSPS) is 11.4. The number of benzene rings is 1. The highest BCUT2D eigenvalue weighted by Crippen LogP contribution is 2.34. The minimum atomic E-state index is -0.373. The van der Waals surface area contributed by atoms with Crippen LogP contribution >= 0.6 is 23.1 Å². The fourth-order valence-electron chi connectivity index (χ4n) is 2.90. The van der Waals surface area contributed by atoms with Gasteiger partial charge in [0, 0.05) is 28.2 Å². The topological polar surface area (TPSA) is 122 Å². The van der Waals surface area contributed by atoms with E-state index in [0.29, 0.717) is 33.5 Å². The molecule has 0 atom stereocenters. The van der Waals surface area contributed by atoms with Crippen LogP contribution in [0, 0.1) is 0 Å². The Morgan fingerprint density at radius 3 is 2.67 bits per heavy atom. The fourth-order valence-corrected chi connectivity index (χ4v) is 4.34. The number of aromatic amines is 1. The lowest BCUT2D eigenvalue weighted by Gasteiger charge is -2.14. The molecule has 11 heteroatoms. The lowest BCUT2D eigenvalue weighted by atomic mass is 9.96. The molecule has 0 saturated carbocycles. The highest BCUT2D eigenvalue weighted by Gasteiger charge is 2.18. The zero-order valence-corrected chi connectivity index (χ0v) is 20.1. The first-order valence-electron chi connectivity index (χ1n) is 9.97. The predicted octanol–water partition coefficient (Wildman–Crippen LogP) is 5.23. The summed E-state index contributed by atoms with van der Waals surface area (Å²) in [5, 5.41) is 6.19. The number of carbonyl (C=O) groups excluding carboxylic acids is 1. The van der Waals surface area contributed by atoms with E-state index in [4.69, 9.17) is 4.74 Å². The van der Waals surface area contributed by atoms with Gasteiger partial charge in [0.05, 0.1) is 11.9 Å². The van der Waals surface area contributed by atoms with Crippen molar-refractivity contribution in [3.63, 3.8) is 0 Å². The molecule has 0 aliphatic carbocycles. The van der Waals surface area contributed by atoms with Gasteiger partial charge in [-0.15, -0.1) is 23.1 Å². The number of nitrogens with zero attached hydrogens (tertiary/aromatic N) is 3. The van der Waals surface area contributed by atoms with E-state index >= 15 is 0 Å². The van der Waals surface area contributed by atoms with Crippen LogP contribution in [0.25, 0.3) is 11.2 Å². The minimum Gasteiger partial charge on any atom is -0.455 e. The Bertz CT molecular complexity index is 1380. The molecule has 3 heterocycles. The third kappa shape index (κ3) is 5.32. The Morgan fingerprint density at radius 2 is 1.94 bits per heavy atom. The number of thioether (sulfide) groups is 1. The van der Waals surface area contributed by atoms with Crippen molar-refractivity contribution in [3.8, 4) is 11.5 Å². The highest BCUT2D eigenvalue weighted by atomic mass is 32.2. The summed E-state index contributed by atoms with van der Waals surface area (Å²) < 4.78 is 5.99. The van der Waals surface area contributed by atoms with Crippen LogP contribution in [-0.2, 0) is 5.41 Å². The fraction of sp³-hybridized carbons (Fsp3) is 0.227. The zero-order chi connectivity index (χ0) is 23.6. The molecule has 0 aliphatic rings. The first-order valence-corrected chi connectivity index (χ1v) is 12.0. The van der Waals surface area contributed by atoms with E-state index in [9.17, 15) is 9.59 Å². The molecule has 1 aromatic carbocycles. The van der Waals surface area contributed by atoms with Gasteiger partial charge in [0.15, 0.2) is 16.5 Å². The van der Waals surface area contributed by atoms with Crippen molar-refractivity contribution < 1.29 is 9.53 Å². The van der Waals surface area contributed by atoms with Crippen molar-refractivity contribution in [2.75, 3.05) is 16.9 Å². The van der Waals surface area contributed by atoms with Crippen molar-refractivity contribution in [2.24, 2.45) is 0 Å². The maximum Gasteiger partial charge on any atom is 0.325 e. The van der Waals surface area contributed by atoms with Crippen molar-refractivity contribution in [3.05, 3.63) is 58.1 Å². The third-order valence-electron chi connectivity index (χ3n) is 4.55. The Morgan fingerprint density at radius 1 is 1.12 bits per heavy atom. The molecule has 0 radical (unpaired) electrons. The number of ether oxygens (including phenoxy) is 1. The molecular formula is C22H22N6O3S2. The molecule has 0 fully saturated rings. The molecule has 0 spiro atoms. The molecule has 0 bridgehead atoms. The second-order valence-corrected chi connectivity index (χ2v) is 9.96. The molecule has 2 amide bonds. The van der Waals surface area contributed by atoms with Crippen LogP contribution in [0.5, 0.6) is 11.5 Å². The van der Waals surface area contributed by atoms with E-state index < -0.39 is 0 Å². The molecule has 170 valence electrons. The van der Waals surface area contributed by atoms with E-state index in [1.165, 1.54) is 35.5 Å². The summed E-state index contributed by atoms with van der Waals surface area (Å²) in [6.07, 6.45) is 6.41. The largest absolute Gasteiger partial charge is 0.455 e. The quantitative estimate of drug-likeness (QED) is 0.333. The standard InChI is InChI=1S/C22H22N6O3S2/c1-22(2,3)16-10-25-21(33-16)28-20(30)26-13-6-5-12(9-15(13)32-4)31-14-7-8-23-19-18(14)24-11-17(29)27-19/h5-11H,1-4H3,(H,23,27,29)(H2,25,26,28,30). The SMILES string of the molecule is CSc1cc(Oc2ccnc3[nH]c(=O)cnc23)ccc1NC(=O)Nc1ncc(C(C)(C)C)s1. The Labute approximate surface area is 198 Å². The smallest absolute Gasteiger partial charge is 0.325 e. The van der Waals surface area contributed by atoms with Crippen LogP contribution in [0.15, 0.2) is 52.5 Å². The van der Waals surface area contributed by atoms with Crippen LogP contribution in [-0.4, -0.2) is 32.2 Å². The van der Waals surface area contributed by atoms with Gasteiger partial charge in [-0.3, -0.25) is 10.1 Å². The van der Waals surface area contributed by atoms with Crippen LogP contribution in [0.2, 0.25) is 0 Å². The summed E-state index contributed by atoms with van der Waals surface area (Å²) in [7, 11) is 0. The summed E-state index contributed by atoms with van der Waals surface area (Å²) >= 11 is 2.92. The van der Waals surface area contributed by atoms with E-state index in [1.807, 2.05) is 12.3 Å². The lowest BCUT2D eigenvalue weighted by molar-refractivity contribution is 0.262. The Kier molecular flexibility index (Phi) is 6.34. The average molecular weight is 483 g/mol. The number of fused-ring (bicyclic) bond motifs is 1. The van der Waals surface area contributed by atoms with Gasteiger partial charge in [0.1, 0.15) is 11.3 Å². The summed E-state index contributed by atoms with van der Waals surface area (Å²) in [6.45, 7) is 6.30. The van der Waals surface area contributed by atoms with E-state index in [0.717, 1.165) is 9.77 Å². The zero-order valence-electron chi connectivity index (χ0n) is 18.4. The van der Waals surface area contributed by atoms with Crippen molar-refractivity contribution in [2.45, 2.75) is 31.1 Å². The number of nitrogens with one attached hydrogen (secondary N) is 3. The van der Waals surface area contributed by atoms with Crippen molar-refractivity contribution in [1.29, 1.82) is 0 Å². The number of hydrogen-bond acceptors (Lipinski definition) is 8. The number of pyridine rings is 1. The van der Waals surface area contributed by atoms with E-state index in [1.54, 1.807) is 24.4 Å².